The number of rotatable bonds is 4. The van der Waals surface area contributed by atoms with Crippen molar-refractivity contribution < 1.29 is 4.79 Å². The van der Waals surface area contributed by atoms with E-state index in [9.17, 15) is 4.79 Å². The average molecular weight is 198 g/mol. The van der Waals surface area contributed by atoms with E-state index in [1.807, 2.05) is 4.90 Å². The smallest absolute Gasteiger partial charge is 0.219 e. The molecular formula is C11H22N2O. The van der Waals surface area contributed by atoms with Crippen molar-refractivity contribution in [3.8, 4) is 0 Å². The van der Waals surface area contributed by atoms with Gasteiger partial charge in [0.2, 0.25) is 5.91 Å². The molecule has 0 aromatic rings. The quantitative estimate of drug-likeness (QED) is 0.740. The summed E-state index contributed by atoms with van der Waals surface area (Å²) in [4.78, 5) is 13.0. The summed E-state index contributed by atoms with van der Waals surface area (Å²) in [7, 11) is 0. The van der Waals surface area contributed by atoms with Crippen LogP contribution in [0, 0.1) is 0 Å². The van der Waals surface area contributed by atoms with Crippen LogP contribution in [0.2, 0.25) is 0 Å². The number of hydrogen-bond acceptors (Lipinski definition) is 2. The minimum absolute atomic E-state index is 0.206. The third-order valence-electron chi connectivity index (χ3n) is 2.88. The molecule has 0 spiro atoms. The lowest BCUT2D eigenvalue weighted by Crippen LogP contribution is -2.39. The Morgan fingerprint density at radius 1 is 1.64 bits per heavy atom. The maximum absolute atomic E-state index is 11.1. The van der Waals surface area contributed by atoms with Gasteiger partial charge in [0, 0.05) is 32.1 Å². The molecule has 3 nitrogen and oxygen atoms in total. The van der Waals surface area contributed by atoms with Crippen LogP contribution in [0.15, 0.2) is 0 Å². The molecule has 0 aromatic carbocycles. The van der Waals surface area contributed by atoms with E-state index in [0.29, 0.717) is 12.1 Å². The van der Waals surface area contributed by atoms with Crippen LogP contribution in [0.3, 0.4) is 0 Å². The molecular weight excluding hydrogens is 176 g/mol. The zero-order chi connectivity index (χ0) is 10.6. The van der Waals surface area contributed by atoms with Gasteiger partial charge in [0.15, 0.2) is 0 Å². The molecule has 82 valence electrons. The summed E-state index contributed by atoms with van der Waals surface area (Å²) in [5.74, 6) is 0.206. The number of hydrogen-bond donors (Lipinski definition) is 1. The van der Waals surface area contributed by atoms with Crippen molar-refractivity contribution in [2.24, 2.45) is 0 Å². The molecule has 1 N–H and O–H groups in total. The molecule has 14 heavy (non-hydrogen) atoms. The molecule has 0 bridgehead atoms. The van der Waals surface area contributed by atoms with Gasteiger partial charge in [0.1, 0.15) is 0 Å². The van der Waals surface area contributed by atoms with Gasteiger partial charge in [0.25, 0.3) is 0 Å². The second-order valence-corrected chi connectivity index (χ2v) is 4.31. The Balaban J connectivity index is 2.25. The van der Waals surface area contributed by atoms with Crippen LogP contribution in [-0.4, -0.2) is 36.0 Å². The summed E-state index contributed by atoms with van der Waals surface area (Å²) in [6.45, 7) is 7.89. The zero-order valence-corrected chi connectivity index (χ0v) is 9.55. The fraction of sp³-hybridized carbons (Fsp3) is 0.909. The molecule has 2 unspecified atom stereocenters. The van der Waals surface area contributed by atoms with Crippen molar-refractivity contribution in [1.29, 1.82) is 0 Å². The first kappa shape index (κ1) is 11.5. The van der Waals surface area contributed by atoms with Gasteiger partial charge in [0.05, 0.1) is 0 Å². The normalized spacial score (nSPS) is 23.9. The van der Waals surface area contributed by atoms with Gasteiger partial charge in [-0.2, -0.15) is 0 Å². The molecule has 1 rings (SSSR count). The van der Waals surface area contributed by atoms with Crippen molar-refractivity contribution in [1.82, 2.24) is 10.2 Å². The number of nitrogens with one attached hydrogen (secondary N) is 1. The van der Waals surface area contributed by atoms with Gasteiger partial charge >= 0.3 is 0 Å². The van der Waals surface area contributed by atoms with Gasteiger partial charge in [-0.25, -0.2) is 0 Å². The van der Waals surface area contributed by atoms with Gasteiger partial charge in [-0.15, -0.1) is 0 Å². The van der Waals surface area contributed by atoms with Crippen LogP contribution in [0.4, 0.5) is 0 Å². The summed E-state index contributed by atoms with van der Waals surface area (Å²) in [5.41, 5.74) is 0. The van der Waals surface area contributed by atoms with Crippen LogP contribution < -0.4 is 5.32 Å². The van der Waals surface area contributed by atoms with Crippen molar-refractivity contribution in [2.45, 2.75) is 52.1 Å². The molecule has 1 fully saturated rings. The van der Waals surface area contributed by atoms with Crippen molar-refractivity contribution in [3.63, 3.8) is 0 Å². The number of nitrogens with zero attached hydrogens (tertiary/aromatic N) is 1. The number of carbonyl (C=O) groups is 1. The van der Waals surface area contributed by atoms with E-state index >= 15 is 0 Å². The maximum Gasteiger partial charge on any atom is 0.219 e. The first-order chi connectivity index (χ1) is 6.63. The molecule has 3 heteroatoms. The standard InChI is InChI=1S/C11H22N2O/c1-4-5-9(2)12-11-6-7-13(8-11)10(3)14/h9,11-12H,4-8H2,1-3H3. The first-order valence-corrected chi connectivity index (χ1v) is 5.65. The van der Waals surface area contributed by atoms with Crippen LogP contribution >= 0.6 is 0 Å². The number of carbonyl (C=O) groups excluding carboxylic acids is 1. The second-order valence-electron chi connectivity index (χ2n) is 4.31. The third-order valence-corrected chi connectivity index (χ3v) is 2.88. The highest BCUT2D eigenvalue weighted by Gasteiger charge is 2.24. The molecule has 0 radical (unpaired) electrons. The Morgan fingerprint density at radius 3 is 2.86 bits per heavy atom. The lowest BCUT2D eigenvalue weighted by Gasteiger charge is -2.19. The molecule has 2 atom stereocenters. The lowest BCUT2D eigenvalue weighted by atomic mass is 10.1. The van der Waals surface area contributed by atoms with Gasteiger partial charge in [-0.05, 0) is 19.8 Å². The highest BCUT2D eigenvalue weighted by Crippen LogP contribution is 2.10. The van der Waals surface area contributed by atoms with Crippen molar-refractivity contribution in [2.75, 3.05) is 13.1 Å². The number of likely N-dealkylation sites (tertiary alicyclic amines) is 1. The largest absolute Gasteiger partial charge is 0.341 e. The van der Waals surface area contributed by atoms with Crippen LogP contribution in [0.5, 0.6) is 0 Å². The topological polar surface area (TPSA) is 32.3 Å². The SMILES string of the molecule is CCCC(C)NC1CCN(C(C)=O)C1. The van der Waals surface area contributed by atoms with Crippen molar-refractivity contribution in [3.05, 3.63) is 0 Å². The maximum atomic E-state index is 11.1. The molecule has 1 heterocycles. The monoisotopic (exact) mass is 198 g/mol. The van der Waals surface area contributed by atoms with Gasteiger partial charge < -0.3 is 10.2 Å². The van der Waals surface area contributed by atoms with Crippen LogP contribution in [-0.2, 0) is 4.79 Å². The van der Waals surface area contributed by atoms with E-state index < -0.39 is 0 Å². The van der Waals surface area contributed by atoms with E-state index in [1.54, 1.807) is 6.92 Å². The molecule has 1 aliphatic rings. The van der Waals surface area contributed by atoms with Crippen LogP contribution in [0.1, 0.15) is 40.0 Å². The fourth-order valence-electron chi connectivity index (χ4n) is 2.10. The van der Waals surface area contributed by atoms with Crippen LogP contribution in [0.25, 0.3) is 0 Å². The second kappa shape index (κ2) is 5.35. The summed E-state index contributed by atoms with van der Waals surface area (Å²) in [6, 6.07) is 1.09. The minimum Gasteiger partial charge on any atom is -0.341 e. The Bertz CT molecular complexity index is 194. The van der Waals surface area contributed by atoms with E-state index in [-0.39, 0.29) is 5.91 Å². The Labute approximate surface area is 86.9 Å². The van der Waals surface area contributed by atoms with E-state index in [0.717, 1.165) is 19.5 Å². The number of amides is 1. The zero-order valence-electron chi connectivity index (χ0n) is 9.55. The first-order valence-electron chi connectivity index (χ1n) is 5.65. The predicted molar refractivity (Wildman–Crippen MR) is 58.2 cm³/mol. The van der Waals surface area contributed by atoms with E-state index in [2.05, 4.69) is 19.2 Å². The van der Waals surface area contributed by atoms with Gasteiger partial charge in [-0.1, -0.05) is 13.3 Å². The van der Waals surface area contributed by atoms with Gasteiger partial charge in [-0.3, -0.25) is 4.79 Å². The average Bonchev–Trinajstić information content (AvgIpc) is 2.53. The Kier molecular flexibility index (Phi) is 4.39. The lowest BCUT2D eigenvalue weighted by molar-refractivity contribution is -0.127. The Hall–Kier alpha value is -0.570. The summed E-state index contributed by atoms with van der Waals surface area (Å²) >= 11 is 0. The van der Waals surface area contributed by atoms with Crippen molar-refractivity contribution >= 4 is 5.91 Å². The summed E-state index contributed by atoms with van der Waals surface area (Å²) in [5, 5.41) is 3.57. The fourth-order valence-corrected chi connectivity index (χ4v) is 2.10. The highest BCUT2D eigenvalue weighted by molar-refractivity contribution is 5.73. The molecule has 1 amide bonds. The summed E-state index contributed by atoms with van der Waals surface area (Å²) < 4.78 is 0. The van der Waals surface area contributed by atoms with E-state index in [4.69, 9.17) is 0 Å². The molecule has 0 aromatic heterocycles. The molecule has 0 aliphatic carbocycles. The summed E-state index contributed by atoms with van der Waals surface area (Å²) in [6.07, 6.45) is 3.54. The minimum atomic E-state index is 0.206. The predicted octanol–water partition coefficient (Wildman–Crippen LogP) is 1.39. The third kappa shape index (κ3) is 3.29. The molecule has 0 saturated carbocycles. The van der Waals surface area contributed by atoms with E-state index in [1.165, 1.54) is 12.8 Å². The Morgan fingerprint density at radius 2 is 2.36 bits per heavy atom. The molecule has 1 saturated heterocycles. The highest BCUT2D eigenvalue weighted by atomic mass is 16.2. The molecule has 1 aliphatic heterocycles.